The molecule has 0 saturated carbocycles. The van der Waals surface area contributed by atoms with E-state index in [1.165, 1.54) is 17.8 Å². The van der Waals surface area contributed by atoms with Crippen molar-refractivity contribution in [1.82, 2.24) is 0 Å². The Bertz CT molecular complexity index is 369. The molecule has 4 heteroatoms. The number of thioether (sulfide) groups is 1. The number of hydrogen-bond donors (Lipinski definition) is 0. The van der Waals surface area contributed by atoms with Gasteiger partial charge in [0.25, 0.3) is 0 Å². The summed E-state index contributed by atoms with van der Waals surface area (Å²) in [6.07, 6.45) is 1.46. The standard InChI is InChI=1S/C10H7NOSSe/c11-8-14-7-6-10(12)13-9-4-2-1-3-5-9/h1-7H/b7-6-. The summed E-state index contributed by atoms with van der Waals surface area (Å²) in [6, 6.07) is 9.44. The molecule has 0 bridgehead atoms. The van der Waals surface area contributed by atoms with E-state index in [-0.39, 0.29) is 20.1 Å². The molecule has 1 aromatic carbocycles. The molecule has 0 amide bonds. The summed E-state index contributed by atoms with van der Waals surface area (Å²) in [5.41, 5.74) is 0. The van der Waals surface area contributed by atoms with Gasteiger partial charge in [0.05, 0.1) is 0 Å². The average Bonchev–Trinajstić information content (AvgIpc) is 2.20. The SMILES string of the molecule is N#C[Se]/C=C\C(=O)Sc1ccccc1. The second-order valence-electron chi connectivity index (χ2n) is 2.25. The molecular weight excluding hydrogens is 261 g/mol. The fraction of sp³-hybridized carbons (Fsp3) is 0. The summed E-state index contributed by atoms with van der Waals surface area (Å²) >= 11 is 0.954. The van der Waals surface area contributed by atoms with E-state index in [9.17, 15) is 4.79 Å². The molecule has 0 spiro atoms. The van der Waals surface area contributed by atoms with Crippen molar-refractivity contribution < 1.29 is 4.79 Å². The van der Waals surface area contributed by atoms with Gasteiger partial charge in [-0.3, -0.25) is 0 Å². The van der Waals surface area contributed by atoms with Gasteiger partial charge in [0, 0.05) is 0 Å². The van der Waals surface area contributed by atoms with Gasteiger partial charge in [-0.1, -0.05) is 0 Å². The molecule has 0 aliphatic rings. The molecular formula is C10H7NOSSe. The third kappa shape index (κ3) is 4.29. The van der Waals surface area contributed by atoms with Crippen LogP contribution in [0.3, 0.4) is 0 Å². The van der Waals surface area contributed by atoms with E-state index in [0.29, 0.717) is 0 Å². The number of carbonyl (C=O) groups is 1. The monoisotopic (exact) mass is 269 g/mol. The predicted molar refractivity (Wildman–Crippen MR) is 57.8 cm³/mol. The van der Waals surface area contributed by atoms with E-state index >= 15 is 0 Å². The molecule has 1 rings (SSSR count). The van der Waals surface area contributed by atoms with Gasteiger partial charge in [0.15, 0.2) is 0 Å². The van der Waals surface area contributed by atoms with Crippen molar-refractivity contribution in [3.8, 4) is 4.97 Å². The van der Waals surface area contributed by atoms with Crippen molar-refractivity contribution in [2.24, 2.45) is 0 Å². The molecule has 1 aromatic rings. The van der Waals surface area contributed by atoms with Crippen LogP contribution in [0, 0.1) is 10.2 Å². The summed E-state index contributed by atoms with van der Waals surface area (Å²) < 4.78 is 0. The average molecular weight is 268 g/mol. The van der Waals surface area contributed by atoms with E-state index in [1.54, 1.807) is 4.97 Å². The number of rotatable bonds is 3. The van der Waals surface area contributed by atoms with Gasteiger partial charge in [-0.2, -0.15) is 0 Å². The van der Waals surface area contributed by atoms with E-state index in [0.717, 1.165) is 4.90 Å². The molecule has 0 aliphatic heterocycles. The van der Waals surface area contributed by atoms with Crippen molar-refractivity contribution in [3.05, 3.63) is 41.4 Å². The maximum absolute atomic E-state index is 11.3. The molecule has 0 unspecified atom stereocenters. The number of nitriles is 1. The first kappa shape index (κ1) is 11.1. The van der Waals surface area contributed by atoms with Gasteiger partial charge < -0.3 is 0 Å². The zero-order valence-electron chi connectivity index (χ0n) is 7.21. The van der Waals surface area contributed by atoms with Crippen molar-refractivity contribution in [3.63, 3.8) is 0 Å². The Kier molecular flexibility index (Phi) is 5.09. The van der Waals surface area contributed by atoms with Gasteiger partial charge in [-0.25, -0.2) is 0 Å². The van der Waals surface area contributed by atoms with Crippen LogP contribution >= 0.6 is 11.8 Å². The number of nitrogens with zero attached hydrogens (tertiary/aromatic N) is 1. The topological polar surface area (TPSA) is 40.9 Å². The number of hydrogen-bond acceptors (Lipinski definition) is 3. The molecule has 14 heavy (non-hydrogen) atoms. The minimum absolute atomic E-state index is 0.0340. The van der Waals surface area contributed by atoms with Crippen LogP contribution in [0.15, 0.2) is 46.3 Å². The van der Waals surface area contributed by atoms with Crippen LogP contribution in [0.5, 0.6) is 0 Å². The Morgan fingerprint density at radius 3 is 2.79 bits per heavy atom. The van der Waals surface area contributed by atoms with E-state index < -0.39 is 0 Å². The van der Waals surface area contributed by atoms with Crippen molar-refractivity contribution in [1.29, 1.82) is 5.26 Å². The van der Waals surface area contributed by atoms with Crippen LogP contribution in [0.2, 0.25) is 0 Å². The molecule has 0 heterocycles. The van der Waals surface area contributed by atoms with Gasteiger partial charge in [-0.15, -0.1) is 0 Å². The Labute approximate surface area is 93.2 Å². The second kappa shape index (κ2) is 6.44. The fourth-order valence-corrected chi connectivity index (χ4v) is 2.14. The molecule has 0 aliphatic carbocycles. The molecule has 0 fully saturated rings. The van der Waals surface area contributed by atoms with E-state index in [2.05, 4.69) is 0 Å². The van der Waals surface area contributed by atoms with Gasteiger partial charge in [-0.05, 0) is 0 Å². The zero-order valence-corrected chi connectivity index (χ0v) is 9.74. The molecule has 0 saturated heterocycles. The molecule has 0 aromatic heterocycles. The van der Waals surface area contributed by atoms with Crippen molar-refractivity contribution in [2.45, 2.75) is 4.90 Å². The van der Waals surface area contributed by atoms with Crippen LogP contribution in [0.4, 0.5) is 0 Å². The van der Waals surface area contributed by atoms with Crippen molar-refractivity contribution >= 4 is 31.8 Å². The van der Waals surface area contributed by atoms with Crippen LogP contribution in [0.25, 0.3) is 0 Å². The first-order valence-electron chi connectivity index (χ1n) is 3.81. The van der Waals surface area contributed by atoms with Gasteiger partial charge in [0.2, 0.25) is 0 Å². The summed E-state index contributed by atoms with van der Waals surface area (Å²) in [5, 5.41) is 8.24. The van der Waals surface area contributed by atoms with E-state index in [4.69, 9.17) is 5.26 Å². The molecule has 2 nitrogen and oxygen atoms in total. The van der Waals surface area contributed by atoms with Gasteiger partial charge >= 0.3 is 93.1 Å². The Balaban J connectivity index is 2.47. The van der Waals surface area contributed by atoms with Gasteiger partial charge in [0.1, 0.15) is 0 Å². The Morgan fingerprint density at radius 1 is 1.43 bits per heavy atom. The van der Waals surface area contributed by atoms with Crippen LogP contribution in [0.1, 0.15) is 0 Å². The third-order valence-electron chi connectivity index (χ3n) is 1.29. The van der Waals surface area contributed by atoms with E-state index in [1.807, 2.05) is 35.3 Å². The Morgan fingerprint density at radius 2 is 2.14 bits per heavy atom. The Hall–Kier alpha value is -1.01. The number of benzene rings is 1. The summed E-state index contributed by atoms with van der Waals surface area (Å²) in [5.74, 6) is 0. The number of carbonyl (C=O) groups excluding carboxylic acids is 1. The fourth-order valence-electron chi connectivity index (χ4n) is 0.759. The second-order valence-corrected chi connectivity index (χ2v) is 4.77. The maximum atomic E-state index is 11.3. The molecule has 0 atom stereocenters. The molecule has 70 valence electrons. The van der Waals surface area contributed by atoms with Crippen molar-refractivity contribution in [2.75, 3.05) is 0 Å². The van der Waals surface area contributed by atoms with Crippen LogP contribution in [-0.2, 0) is 4.79 Å². The normalized spacial score (nSPS) is 9.93. The zero-order chi connectivity index (χ0) is 10.2. The summed E-state index contributed by atoms with van der Waals surface area (Å²) in [6.45, 7) is 0. The summed E-state index contributed by atoms with van der Waals surface area (Å²) in [4.78, 5) is 15.8. The third-order valence-corrected chi connectivity index (χ3v) is 2.92. The quantitative estimate of drug-likeness (QED) is 0.478. The summed E-state index contributed by atoms with van der Waals surface area (Å²) in [7, 11) is 0. The first-order valence-corrected chi connectivity index (χ1v) is 6.47. The van der Waals surface area contributed by atoms with Crippen LogP contribution < -0.4 is 0 Å². The first-order chi connectivity index (χ1) is 6.83. The van der Waals surface area contributed by atoms with Crippen LogP contribution in [-0.4, -0.2) is 20.1 Å². The molecule has 0 N–H and O–H groups in total. The predicted octanol–water partition coefficient (Wildman–Crippen LogP) is 2.00. The molecule has 0 radical (unpaired) electrons. The minimum atomic E-state index is -0.215.